The van der Waals surface area contributed by atoms with Crippen molar-refractivity contribution in [1.82, 2.24) is 10.2 Å². The van der Waals surface area contributed by atoms with Gasteiger partial charge < -0.3 is 10.4 Å². The van der Waals surface area contributed by atoms with Gasteiger partial charge >= 0.3 is 0 Å². The van der Waals surface area contributed by atoms with Crippen LogP contribution >= 0.6 is 0 Å². The molecule has 17 heavy (non-hydrogen) atoms. The average Bonchev–Trinajstić information content (AvgIpc) is 2.51. The summed E-state index contributed by atoms with van der Waals surface area (Å²) in [6, 6.07) is 1.10. The fourth-order valence-corrected chi connectivity index (χ4v) is 3.09. The Morgan fingerprint density at radius 2 is 2.00 bits per heavy atom. The number of rotatable bonds is 4. The van der Waals surface area contributed by atoms with Gasteiger partial charge in [-0.3, -0.25) is 9.69 Å². The summed E-state index contributed by atoms with van der Waals surface area (Å²) in [5.41, 5.74) is 0. The van der Waals surface area contributed by atoms with Crippen LogP contribution in [0.3, 0.4) is 0 Å². The van der Waals surface area contributed by atoms with Crippen molar-refractivity contribution >= 4 is 5.91 Å². The Labute approximate surface area is 103 Å². The first-order valence-electron chi connectivity index (χ1n) is 6.83. The van der Waals surface area contributed by atoms with E-state index in [9.17, 15) is 9.90 Å². The molecule has 3 atom stereocenters. The number of aliphatic hydroxyl groups is 1. The Morgan fingerprint density at radius 1 is 1.41 bits per heavy atom. The van der Waals surface area contributed by atoms with E-state index < -0.39 is 0 Å². The molecule has 2 heterocycles. The van der Waals surface area contributed by atoms with Crippen molar-refractivity contribution in [2.24, 2.45) is 0 Å². The molecule has 2 saturated heterocycles. The Bertz CT molecular complexity index is 269. The lowest BCUT2D eigenvalue weighted by Crippen LogP contribution is -2.50. The Kier molecular flexibility index (Phi) is 4.05. The molecular formula is C13H24N2O2. The summed E-state index contributed by atoms with van der Waals surface area (Å²) in [6.07, 6.45) is 4.77. The number of nitrogens with one attached hydrogen (secondary N) is 1. The van der Waals surface area contributed by atoms with Crippen molar-refractivity contribution in [1.29, 1.82) is 0 Å². The van der Waals surface area contributed by atoms with Crippen LogP contribution in [0.25, 0.3) is 0 Å². The fraction of sp³-hybridized carbons (Fsp3) is 0.923. The number of carbonyl (C=O) groups excluding carboxylic acids is 1. The normalized spacial score (nSPS) is 34.6. The highest BCUT2D eigenvalue weighted by molar-refractivity contribution is 5.78. The molecule has 98 valence electrons. The summed E-state index contributed by atoms with van der Waals surface area (Å²) >= 11 is 0. The van der Waals surface area contributed by atoms with Crippen molar-refractivity contribution in [3.05, 3.63) is 0 Å². The summed E-state index contributed by atoms with van der Waals surface area (Å²) in [5, 5.41) is 12.7. The minimum absolute atomic E-state index is 0.132. The van der Waals surface area contributed by atoms with E-state index in [1.165, 1.54) is 0 Å². The third-order valence-electron chi connectivity index (χ3n) is 4.21. The fourth-order valence-electron chi connectivity index (χ4n) is 3.09. The molecule has 2 rings (SSSR count). The SMILES string of the molecule is CCC(C)NC(=O)CN1C2CCC1CC(O)C2. The highest BCUT2D eigenvalue weighted by atomic mass is 16.3. The van der Waals surface area contributed by atoms with Crippen LogP contribution in [0.5, 0.6) is 0 Å². The second-order valence-corrected chi connectivity index (χ2v) is 5.56. The van der Waals surface area contributed by atoms with Gasteiger partial charge in [0.15, 0.2) is 0 Å². The van der Waals surface area contributed by atoms with Crippen LogP contribution in [-0.4, -0.2) is 46.7 Å². The molecule has 0 aliphatic carbocycles. The predicted molar refractivity (Wildman–Crippen MR) is 66.7 cm³/mol. The van der Waals surface area contributed by atoms with Gasteiger partial charge in [-0.25, -0.2) is 0 Å². The zero-order chi connectivity index (χ0) is 12.4. The molecule has 0 saturated carbocycles. The lowest BCUT2D eigenvalue weighted by atomic mass is 10.00. The van der Waals surface area contributed by atoms with Gasteiger partial charge in [-0.1, -0.05) is 6.92 Å². The first kappa shape index (κ1) is 12.8. The van der Waals surface area contributed by atoms with Crippen LogP contribution in [0.2, 0.25) is 0 Å². The third kappa shape index (κ3) is 2.99. The molecule has 2 bridgehead atoms. The maximum absolute atomic E-state index is 11.9. The van der Waals surface area contributed by atoms with E-state index in [0.29, 0.717) is 18.6 Å². The summed E-state index contributed by atoms with van der Waals surface area (Å²) in [5.74, 6) is 0.132. The molecule has 0 spiro atoms. The van der Waals surface area contributed by atoms with Crippen molar-refractivity contribution < 1.29 is 9.90 Å². The number of hydrogen-bond acceptors (Lipinski definition) is 3. The van der Waals surface area contributed by atoms with E-state index in [2.05, 4.69) is 17.1 Å². The highest BCUT2D eigenvalue weighted by Gasteiger charge is 2.40. The van der Waals surface area contributed by atoms with Crippen LogP contribution in [0.1, 0.15) is 46.0 Å². The molecule has 0 aromatic heterocycles. The molecule has 4 heteroatoms. The van der Waals surface area contributed by atoms with Gasteiger partial charge in [-0.15, -0.1) is 0 Å². The molecule has 0 aromatic carbocycles. The van der Waals surface area contributed by atoms with Gasteiger partial charge in [-0.05, 0) is 39.0 Å². The molecule has 2 aliphatic rings. The number of nitrogens with zero attached hydrogens (tertiary/aromatic N) is 1. The molecule has 1 amide bonds. The van der Waals surface area contributed by atoms with E-state index in [1.807, 2.05) is 6.92 Å². The first-order valence-corrected chi connectivity index (χ1v) is 6.83. The Balaban J connectivity index is 1.85. The van der Waals surface area contributed by atoms with Gasteiger partial charge in [0.05, 0.1) is 12.6 Å². The summed E-state index contributed by atoms with van der Waals surface area (Å²) in [4.78, 5) is 14.2. The minimum Gasteiger partial charge on any atom is -0.393 e. The molecule has 2 aliphatic heterocycles. The van der Waals surface area contributed by atoms with E-state index in [0.717, 1.165) is 32.1 Å². The number of amides is 1. The van der Waals surface area contributed by atoms with E-state index in [1.54, 1.807) is 0 Å². The average molecular weight is 240 g/mol. The zero-order valence-corrected chi connectivity index (χ0v) is 10.9. The van der Waals surface area contributed by atoms with Crippen LogP contribution in [0.15, 0.2) is 0 Å². The lowest BCUT2D eigenvalue weighted by Gasteiger charge is -2.36. The van der Waals surface area contributed by atoms with Gasteiger partial charge in [-0.2, -0.15) is 0 Å². The number of hydrogen-bond donors (Lipinski definition) is 2. The topological polar surface area (TPSA) is 52.6 Å². The smallest absolute Gasteiger partial charge is 0.234 e. The minimum atomic E-state index is -0.152. The molecule has 2 N–H and O–H groups in total. The lowest BCUT2D eigenvalue weighted by molar-refractivity contribution is -0.124. The number of aliphatic hydroxyl groups excluding tert-OH is 1. The monoisotopic (exact) mass is 240 g/mol. The Hall–Kier alpha value is -0.610. The first-order chi connectivity index (χ1) is 8.10. The number of piperidine rings is 1. The molecular weight excluding hydrogens is 216 g/mol. The van der Waals surface area contributed by atoms with Crippen molar-refractivity contribution in [3.8, 4) is 0 Å². The maximum atomic E-state index is 11.9. The van der Waals surface area contributed by atoms with Crippen molar-refractivity contribution in [2.75, 3.05) is 6.54 Å². The molecule has 2 fully saturated rings. The summed E-state index contributed by atoms with van der Waals surface area (Å²) in [6.45, 7) is 4.62. The van der Waals surface area contributed by atoms with Gasteiger partial charge in [0, 0.05) is 18.1 Å². The second-order valence-electron chi connectivity index (χ2n) is 5.56. The highest BCUT2D eigenvalue weighted by Crippen LogP contribution is 2.35. The van der Waals surface area contributed by atoms with Gasteiger partial charge in [0.1, 0.15) is 0 Å². The largest absolute Gasteiger partial charge is 0.393 e. The summed E-state index contributed by atoms with van der Waals surface area (Å²) < 4.78 is 0. The predicted octanol–water partition coefficient (Wildman–Crippen LogP) is 0.889. The standard InChI is InChI=1S/C13H24N2O2/c1-3-9(2)14-13(17)8-15-10-4-5-11(15)7-12(16)6-10/h9-12,16H,3-8H2,1-2H3,(H,14,17). The van der Waals surface area contributed by atoms with Crippen LogP contribution < -0.4 is 5.32 Å². The van der Waals surface area contributed by atoms with Gasteiger partial charge in [0.2, 0.25) is 5.91 Å². The molecule has 0 aromatic rings. The van der Waals surface area contributed by atoms with Crippen molar-refractivity contribution in [3.63, 3.8) is 0 Å². The Morgan fingerprint density at radius 3 is 2.53 bits per heavy atom. The van der Waals surface area contributed by atoms with Gasteiger partial charge in [0.25, 0.3) is 0 Å². The zero-order valence-electron chi connectivity index (χ0n) is 10.9. The van der Waals surface area contributed by atoms with E-state index >= 15 is 0 Å². The van der Waals surface area contributed by atoms with Crippen LogP contribution in [0, 0.1) is 0 Å². The number of carbonyl (C=O) groups is 1. The molecule has 0 radical (unpaired) electrons. The molecule has 4 nitrogen and oxygen atoms in total. The quantitative estimate of drug-likeness (QED) is 0.767. The maximum Gasteiger partial charge on any atom is 0.234 e. The van der Waals surface area contributed by atoms with Crippen LogP contribution in [0.4, 0.5) is 0 Å². The van der Waals surface area contributed by atoms with Crippen molar-refractivity contribution in [2.45, 2.75) is 70.2 Å². The number of fused-ring (bicyclic) bond motifs is 2. The molecule has 3 unspecified atom stereocenters. The van der Waals surface area contributed by atoms with E-state index in [4.69, 9.17) is 0 Å². The van der Waals surface area contributed by atoms with E-state index in [-0.39, 0.29) is 18.1 Å². The summed E-state index contributed by atoms with van der Waals surface area (Å²) in [7, 11) is 0. The second kappa shape index (κ2) is 5.36. The third-order valence-corrected chi connectivity index (χ3v) is 4.21. The van der Waals surface area contributed by atoms with Crippen LogP contribution in [-0.2, 0) is 4.79 Å².